The van der Waals surface area contributed by atoms with Gasteiger partial charge in [0.05, 0.1) is 4.90 Å². The number of piperidine rings is 1. The molecule has 0 aliphatic carbocycles. The topological polar surface area (TPSA) is 63.4 Å². The Balaban J connectivity index is 2.37. The Kier molecular flexibility index (Phi) is 5.07. The van der Waals surface area contributed by atoms with E-state index in [0.29, 0.717) is 35.0 Å². The second kappa shape index (κ2) is 6.43. The molecule has 1 saturated heterocycles. The van der Waals surface area contributed by atoms with E-state index >= 15 is 0 Å². The Morgan fingerprint density at radius 2 is 2.15 bits per heavy atom. The van der Waals surface area contributed by atoms with E-state index in [-0.39, 0.29) is 6.04 Å². The van der Waals surface area contributed by atoms with Crippen molar-refractivity contribution in [3.8, 4) is 0 Å². The minimum atomic E-state index is -3.46. The van der Waals surface area contributed by atoms with Crippen LogP contribution in [0.2, 0.25) is 5.02 Å². The monoisotopic (exact) mass is 316 g/mol. The van der Waals surface area contributed by atoms with E-state index < -0.39 is 10.0 Å². The van der Waals surface area contributed by atoms with Crippen molar-refractivity contribution in [2.24, 2.45) is 5.73 Å². The van der Waals surface area contributed by atoms with Gasteiger partial charge in [0, 0.05) is 17.6 Å². The van der Waals surface area contributed by atoms with Crippen LogP contribution in [-0.4, -0.2) is 31.9 Å². The van der Waals surface area contributed by atoms with Crippen LogP contribution in [0.4, 0.5) is 0 Å². The second-order valence-corrected chi connectivity index (χ2v) is 7.55. The van der Waals surface area contributed by atoms with Crippen molar-refractivity contribution in [3.63, 3.8) is 0 Å². The van der Waals surface area contributed by atoms with E-state index in [2.05, 4.69) is 0 Å². The van der Waals surface area contributed by atoms with Gasteiger partial charge < -0.3 is 5.73 Å². The molecule has 0 amide bonds. The van der Waals surface area contributed by atoms with Gasteiger partial charge in [-0.15, -0.1) is 0 Å². The lowest BCUT2D eigenvalue weighted by atomic mass is 10.0. The Labute approximate surface area is 126 Å². The number of rotatable bonds is 4. The summed E-state index contributed by atoms with van der Waals surface area (Å²) < 4.78 is 27.3. The van der Waals surface area contributed by atoms with Crippen molar-refractivity contribution in [3.05, 3.63) is 28.8 Å². The summed E-state index contributed by atoms with van der Waals surface area (Å²) in [6.45, 7) is 2.87. The van der Waals surface area contributed by atoms with Gasteiger partial charge in [0.2, 0.25) is 10.0 Å². The first-order chi connectivity index (χ1) is 9.46. The van der Waals surface area contributed by atoms with Crippen LogP contribution >= 0.6 is 11.6 Å². The Morgan fingerprint density at radius 1 is 1.40 bits per heavy atom. The van der Waals surface area contributed by atoms with Crippen LogP contribution < -0.4 is 5.73 Å². The minimum Gasteiger partial charge on any atom is -0.330 e. The number of nitrogens with zero attached hydrogens (tertiary/aromatic N) is 1. The fourth-order valence-electron chi connectivity index (χ4n) is 2.80. The van der Waals surface area contributed by atoms with Crippen molar-refractivity contribution < 1.29 is 8.42 Å². The van der Waals surface area contributed by atoms with E-state index in [1.165, 1.54) is 0 Å². The molecule has 0 saturated carbocycles. The summed E-state index contributed by atoms with van der Waals surface area (Å²) in [5, 5.41) is 0.554. The molecular formula is C14H21ClN2O2S. The zero-order valence-electron chi connectivity index (χ0n) is 11.7. The molecule has 1 atom stereocenters. The average Bonchev–Trinajstić information content (AvgIpc) is 2.39. The Morgan fingerprint density at radius 3 is 2.80 bits per heavy atom. The third kappa shape index (κ3) is 3.17. The highest BCUT2D eigenvalue weighted by Crippen LogP contribution is 2.29. The van der Waals surface area contributed by atoms with Crippen molar-refractivity contribution >= 4 is 21.6 Å². The molecule has 1 fully saturated rings. The maximum atomic E-state index is 12.8. The van der Waals surface area contributed by atoms with Crippen LogP contribution in [0.3, 0.4) is 0 Å². The first-order valence-corrected chi connectivity index (χ1v) is 8.76. The molecular weight excluding hydrogens is 296 g/mol. The molecule has 1 aliphatic heterocycles. The number of hydrogen-bond acceptors (Lipinski definition) is 3. The van der Waals surface area contributed by atoms with Crippen LogP contribution in [0.15, 0.2) is 23.1 Å². The summed E-state index contributed by atoms with van der Waals surface area (Å²) in [5.74, 6) is 0. The van der Waals surface area contributed by atoms with E-state index in [0.717, 1.165) is 19.3 Å². The molecule has 1 unspecified atom stereocenters. The summed E-state index contributed by atoms with van der Waals surface area (Å²) in [6, 6.07) is 4.94. The number of nitrogens with two attached hydrogens (primary N) is 1. The van der Waals surface area contributed by atoms with E-state index in [1.54, 1.807) is 29.4 Å². The molecule has 1 aromatic carbocycles. The zero-order chi connectivity index (χ0) is 14.8. The van der Waals surface area contributed by atoms with Crippen LogP contribution in [0.5, 0.6) is 0 Å². The normalized spacial score (nSPS) is 21.1. The van der Waals surface area contributed by atoms with Crippen molar-refractivity contribution in [2.45, 2.75) is 43.5 Å². The SMILES string of the molecule is Cc1cc(Cl)ccc1S(=O)(=O)N1CCCCC1CCN. The molecule has 0 bridgehead atoms. The highest BCUT2D eigenvalue weighted by atomic mass is 35.5. The fourth-order valence-corrected chi connectivity index (χ4v) is 4.96. The van der Waals surface area contributed by atoms with Gasteiger partial charge in [0.25, 0.3) is 0 Å². The highest BCUT2D eigenvalue weighted by Gasteiger charge is 2.33. The van der Waals surface area contributed by atoms with Gasteiger partial charge in [0.1, 0.15) is 0 Å². The van der Waals surface area contributed by atoms with Crippen molar-refractivity contribution in [1.29, 1.82) is 0 Å². The minimum absolute atomic E-state index is 0.0221. The van der Waals surface area contributed by atoms with Crippen LogP contribution in [-0.2, 0) is 10.0 Å². The first kappa shape index (κ1) is 15.8. The van der Waals surface area contributed by atoms with Gasteiger partial charge in [0.15, 0.2) is 0 Å². The molecule has 0 aromatic heterocycles. The lowest BCUT2D eigenvalue weighted by Gasteiger charge is -2.34. The third-order valence-electron chi connectivity index (χ3n) is 3.80. The molecule has 2 N–H and O–H groups in total. The van der Waals surface area contributed by atoms with Gasteiger partial charge in [-0.3, -0.25) is 0 Å². The largest absolute Gasteiger partial charge is 0.330 e. The fraction of sp³-hybridized carbons (Fsp3) is 0.571. The van der Waals surface area contributed by atoms with E-state index in [9.17, 15) is 8.42 Å². The van der Waals surface area contributed by atoms with Gasteiger partial charge in [-0.25, -0.2) is 8.42 Å². The standard InChI is InChI=1S/C14H21ClN2O2S/c1-11-10-12(15)5-6-14(11)20(18,19)17-9-3-2-4-13(17)7-8-16/h5-6,10,13H,2-4,7-9,16H2,1H3. The molecule has 1 aromatic rings. The molecule has 1 aliphatic rings. The van der Waals surface area contributed by atoms with Crippen LogP contribution in [0.25, 0.3) is 0 Å². The van der Waals surface area contributed by atoms with Crippen LogP contribution in [0, 0.1) is 6.92 Å². The predicted octanol–water partition coefficient (Wildman–Crippen LogP) is 2.54. The lowest BCUT2D eigenvalue weighted by Crippen LogP contribution is -2.44. The smallest absolute Gasteiger partial charge is 0.243 e. The Bertz CT molecular complexity index is 573. The maximum absolute atomic E-state index is 12.8. The summed E-state index contributed by atoms with van der Waals surface area (Å²) in [6.07, 6.45) is 3.58. The number of aryl methyl sites for hydroxylation is 1. The third-order valence-corrected chi connectivity index (χ3v) is 6.14. The van der Waals surface area contributed by atoms with Gasteiger partial charge >= 0.3 is 0 Å². The molecule has 0 radical (unpaired) electrons. The summed E-state index contributed by atoms with van der Waals surface area (Å²) >= 11 is 5.91. The molecule has 6 heteroatoms. The molecule has 4 nitrogen and oxygen atoms in total. The lowest BCUT2D eigenvalue weighted by molar-refractivity contribution is 0.243. The van der Waals surface area contributed by atoms with E-state index in [1.807, 2.05) is 0 Å². The Hall–Kier alpha value is -0.620. The van der Waals surface area contributed by atoms with Gasteiger partial charge in [-0.2, -0.15) is 4.31 Å². The van der Waals surface area contributed by atoms with Gasteiger partial charge in [-0.1, -0.05) is 18.0 Å². The number of benzene rings is 1. The molecule has 1 heterocycles. The summed E-state index contributed by atoms with van der Waals surface area (Å²) in [5.41, 5.74) is 6.30. The van der Waals surface area contributed by atoms with Gasteiger partial charge in [-0.05, 0) is 56.5 Å². The number of sulfonamides is 1. The summed E-state index contributed by atoms with van der Waals surface area (Å²) in [4.78, 5) is 0.353. The van der Waals surface area contributed by atoms with Crippen molar-refractivity contribution in [2.75, 3.05) is 13.1 Å². The quantitative estimate of drug-likeness (QED) is 0.928. The summed E-state index contributed by atoms with van der Waals surface area (Å²) in [7, 11) is -3.46. The number of hydrogen-bond donors (Lipinski definition) is 1. The van der Waals surface area contributed by atoms with Crippen molar-refractivity contribution in [1.82, 2.24) is 4.31 Å². The average molecular weight is 317 g/mol. The molecule has 112 valence electrons. The highest BCUT2D eigenvalue weighted by molar-refractivity contribution is 7.89. The maximum Gasteiger partial charge on any atom is 0.243 e. The molecule has 20 heavy (non-hydrogen) atoms. The molecule has 2 rings (SSSR count). The number of halogens is 1. The first-order valence-electron chi connectivity index (χ1n) is 6.95. The molecule has 0 spiro atoms. The second-order valence-electron chi connectivity index (χ2n) is 5.25. The van der Waals surface area contributed by atoms with Crippen LogP contribution in [0.1, 0.15) is 31.2 Å². The zero-order valence-corrected chi connectivity index (χ0v) is 13.3. The van der Waals surface area contributed by atoms with E-state index in [4.69, 9.17) is 17.3 Å². The predicted molar refractivity (Wildman–Crippen MR) is 81.4 cm³/mol.